The predicted octanol–water partition coefficient (Wildman–Crippen LogP) is 3.42. The Morgan fingerprint density at radius 2 is 1.82 bits per heavy atom. The number of carbonyl (C=O) groups excluding carboxylic acids is 1. The highest BCUT2D eigenvalue weighted by molar-refractivity contribution is 7.99. The van der Waals surface area contributed by atoms with E-state index in [0.29, 0.717) is 18.3 Å². The maximum absolute atomic E-state index is 12.4. The number of nitrogens with zero attached hydrogens (tertiary/aromatic N) is 4. The van der Waals surface area contributed by atoms with E-state index in [1.54, 1.807) is 0 Å². The van der Waals surface area contributed by atoms with Crippen molar-refractivity contribution >= 4 is 17.7 Å². The molecule has 1 aromatic heterocycles. The molecule has 1 saturated heterocycles. The van der Waals surface area contributed by atoms with Gasteiger partial charge >= 0.3 is 0 Å². The normalized spacial score (nSPS) is 19.3. The third kappa shape index (κ3) is 6.62. The van der Waals surface area contributed by atoms with Crippen LogP contribution in [0.2, 0.25) is 0 Å². The zero-order chi connectivity index (χ0) is 19.6. The molecule has 0 bridgehead atoms. The van der Waals surface area contributed by atoms with Crippen molar-refractivity contribution in [2.75, 3.05) is 25.4 Å². The van der Waals surface area contributed by atoms with Crippen LogP contribution in [0.3, 0.4) is 0 Å². The number of carbonyl (C=O) groups is 1. The lowest BCUT2D eigenvalue weighted by Gasteiger charge is -2.26. The zero-order valence-corrected chi connectivity index (χ0v) is 17.9. The molecule has 1 N–H and O–H groups in total. The third-order valence-electron chi connectivity index (χ3n) is 5.76. The summed E-state index contributed by atoms with van der Waals surface area (Å²) in [5.41, 5.74) is 0. The minimum Gasteiger partial charge on any atom is -0.353 e. The molecule has 0 aromatic carbocycles. The Labute approximate surface area is 173 Å². The maximum Gasteiger partial charge on any atom is 0.230 e. The van der Waals surface area contributed by atoms with Gasteiger partial charge in [-0.15, -0.1) is 16.8 Å². The second-order valence-corrected chi connectivity index (χ2v) is 8.94. The first-order chi connectivity index (χ1) is 13.8. The van der Waals surface area contributed by atoms with E-state index in [-0.39, 0.29) is 5.91 Å². The van der Waals surface area contributed by atoms with Gasteiger partial charge in [0.15, 0.2) is 5.16 Å². The molecule has 28 heavy (non-hydrogen) atoms. The van der Waals surface area contributed by atoms with Crippen LogP contribution in [0, 0.1) is 0 Å². The molecule has 0 radical (unpaired) electrons. The lowest BCUT2D eigenvalue weighted by molar-refractivity contribution is -0.119. The summed E-state index contributed by atoms with van der Waals surface area (Å²) in [6.07, 6.45) is 14.0. The number of amides is 1. The Bertz CT molecular complexity index is 618. The number of rotatable bonds is 9. The number of likely N-dealkylation sites (tertiary alicyclic amines) is 1. The van der Waals surface area contributed by atoms with Gasteiger partial charge in [0.25, 0.3) is 0 Å². The van der Waals surface area contributed by atoms with Crippen LogP contribution < -0.4 is 5.32 Å². The van der Waals surface area contributed by atoms with Gasteiger partial charge in [-0.3, -0.25) is 4.79 Å². The van der Waals surface area contributed by atoms with Gasteiger partial charge in [-0.2, -0.15) is 0 Å². The number of nitrogens with one attached hydrogen (secondary N) is 1. The van der Waals surface area contributed by atoms with Crippen LogP contribution in [-0.2, 0) is 17.8 Å². The monoisotopic (exact) mass is 405 g/mol. The van der Waals surface area contributed by atoms with Crippen LogP contribution in [0.25, 0.3) is 0 Å². The smallest absolute Gasteiger partial charge is 0.230 e. The first-order valence-electron chi connectivity index (χ1n) is 10.9. The summed E-state index contributed by atoms with van der Waals surface area (Å²) in [5, 5.41) is 12.8. The summed E-state index contributed by atoms with van der Waals surface area (Å²) in [6.45, 7) is 7.98. The molecule has 0 atom stereocenters. The fourth-order valence-electron chi connectivity index (χ4n) is 4.19. The van der Waals surface area contributed by atoms with Crippen LogP contribution in [-0.4, -0.2) is 57.0 Å². The molecule has 1 aromatic rings. The first-order valence-corrected chi connectivity index (χ1v) is 11.9. The second-order valence-electron chi connectivity index (χ2n) is 8.00. The number of hydrogen-bond acceptors (Lipinski definition) is 5. The standard InChI is InChI=1S/C21H35N5OS/c1-2-13-26-19(12-16-25-14-8-5-9-15-25)23-24-21(26)28-17-20(27)22-18-10-6-3-4-7-11-18/h2,18H,1,3-17H2,(H,22,27). The van der Waals surface area contributed by atoms with Gasteiger partial charge < -0.3 is 14.8 Å². The Hall–Kier alpha value is -1.34. The van der Waals surface area contributed by atoms with Crippen molar-refractivity contribution in [1.82, 2.24) is 25.0 Å². The van der Waals surface area contributed by atoms with Gasteiger partial charge in [0.05, 0.1) is 5.75 Å². The Balaban J connectivity index is 1.50. The quantitative estimate of drug-likeness (QED) is 0.387. The van der Waals surface area contributed by atoms with Crippen molar-refractivity contribution in [3.63, 3.8) is 0 Å². The molecule has 2 aliphatic rings. The lowest BCUT2D eigenvalue weighted by atomic mass is 10.1. The summed E-state index contributed by atoms with van der Waals surface area (Å²) in [7, 11) is 0. The van der Waals surface area contributed by atoms with Gasteiger partial charge in [-0.25, -0.2) is 0 Å². The highest BCUT2D eigenvalue weighted by Gasteiger charge is 2.18. The summed E-state index contributed by atoms with van der Waals surface area (Å²) < 4.78 is 2.11. The molecule has 6 nitrogen and oxygen atoms in total. The first kappa shape index (κ1) is 21.4. The predicted molar refractivity (Wildman–Crippen MR) is 115 cm³/mol. The Kier molecular flexibility index (Phi) is 8.86. The van der Waals surface area contributed by atoms with Gasteiger partial charge in [0, 0.05) is 25.6 Å². The minimum atomic E-state index is 0.111. The van der Waals surface area contributed by atoms with Crippen molar-refractivity contribution in [1.29, 1.82) is 0 Å². The second kappa shape index (κ2) is 11.6. The minimum absolute atomic E-state index is 0.111. The molecular weight excluding hydrogens is 370 g/mol. The van der Waals surface area contributed by atoms with Crippen molar-refractivity contribution in [2.24, 2.45) is 0 Å². The van der Waals surface area contributed by atoms with E-state index in [1.807, 2.05) is 6.08 Å². The maximum atomic E-state index is 12.4. The zero-order valence-electron chi connectivity index (χ0n) is 17.1. The summed E-state index contributed by atoms with van der Waals surface area (Å²) in [5.74, 6) is 1.51. The molecule has 1 aliphatic heterocycles. The lowest BCUT2D eigenvalue weighted by Crippen LogP contribution is -2.35. The van der Waals surface area contributed by atoms with E-state index >= 15 is 0 Å². The number of hydrogen-bond donors (Lipinski definition) is 1. The SMILES string of the molecule is C=CCn1c(CCN2CCCCC2)nnc1SCC(=O)NC1CCCCCC1. The number of thioether (sulfide) groups is 1. The van der Waals surface area contributed by atoms with E-state index in [4.69, 9.17) is 0 Å². The van der Waals surface area contributed by atoms with Gasteiger partial charge in [-0.1, -0.05) is 49.9 Å². The van der Waals surface area contributed by atoms with Crippen molar-refractivity contribution in [2.45, 2.75) is 82.0 Å². The molecule has 2 fully saturated rings. The Morgan fingerprint density at radius 1 is 1.11 bits per heavy atom. The molecule has 3 rings (SSSR count). The summed E-state index contributed by atoms with van der Waals surface area (Å²) >= 11 is 1.49. The van der Waals surface area contributed by atoms with Crippen LogP contribution in [0.1, 0.15) is 63.6 Å². The van der Waals surface area contributed by atoms with Crippen LogP contribution >= 0.6 is 11.8 Å². The molecule has 2 heterocycles. The molecule has 7 heteroatoms. The fourth-order valence-corrected chi connectivity index (χ4v) is 4.97. The van der Waals surface area contributed by atoms with E-state index in [1.165, 1.54) is 69.8 Å². The molecule has 1 aliphatic carbocycles. The molecule has 0 spiro atoms. The van der Waals surface area contributed by atoms with Crippen molar-refractivity contribution in [3.8, 4) is 0 Å². The third-order valence-corrected chi connectivity index (χ3v) is 6.72. The van der Waals surface area contributed by atoms with Gasteiger partial charge in [0.2, 0.25) is 5.91 Å². The van der Waals surface area contributed by atoms with Gasteiger partial charge in [-0.05, 0) is 38.8 Å². The van der Waals surface area contributed by atoms with E-state index in [0.717, 1.165) is 36.8 Å². The average molecular weight is 406 g/mol. The van der Waals surface area contributed by atoms with E-state index < -0.39 is 0 Å². The Morgan fingerprint density at radius 3 is 2.54 bits per heavy atom. The fraction of sp³-hybridized carbons (Fsp3) is 0.762. The van der Waals surface area contributed by atoms with Crippen molar-refractivity contribution in [3.05, 3.63) is 18.5 Å². The molecule has 0 unspecified atom stereocenters. The van der Waals surface area contributed by atoms with Crippen LogP contribution in [0.15, 0.2) is 17.8 Å². The molecule has 1 saturated carbocycles. The van der Waals surface area contributed by atoms with E-state index in [9.17, 15) is 4.79 Å². The number of piperidine rings is 1. The molecule has 156 valence electrons. The summed E-state index contributed by atoms with van der Waals surface area (Å²) in [4.78, 5) is 14.9. The van der Waals surface area contributed by atoms with Crippen LogP contribution in [0.5, 0.6) is 0 Å². The highest BCUT2D eigenvalue weighted by Crippen LogP contribution is 2.20. The topological polar surface area (TPSA) is 63.1 Å². The van der Waals surface area contributed by atoms with Crippen molar-refractivity contribution < 1.29 is 4.79 Å². The largest absolute Gasteiger partial charge is 0.353 e. The molecule has 1 amide bonds. The van der Waals surface area contributed by atoms with Gasteiger partial charge in [0.1, 0.15) is 5.82 Å². The average Bonchev–Trinajstić information content (AvgIpc) is 2.91. The number of allylic oxidation sites excluding steroid dienone is 1. The highest BCUT2D eigenvalue weighted by atomic mass is 32.2. The number of aromatic nitrogens is 3. The summed E-state index contributed by atoms with van der Waals surface area (Å²) in [6, 6.07) is 0.349. The van der Waals surface area contributed by atoms with E-state index in [2.05, 4.69) is 31.6 Å². The van der Waals surface area contributed by atoms with Crippen LogP contribution in [0.4, 0.5) is 0 Å². The molecular formula is C21H35N5OS.